The molecule has 2 N–H and O–H groups in total. The second-order valence-corrected chi connectivity index (χ2v) is 6.71. The maximum atomic E-state index is 12.6. The lowest BCUT2D eigenvalue weighted by Crippen LogP contribution is -2.44. The molecule has 1 aromatic carbocycles. The van der Waals surface area contributed by atoms with Crippen LogP contribution in [0.15, 0.2) is 34.9 Å². The molecule has 0 radical (unpaired) electrons. The fraction of sp³-hybridized carbons (Fsp3) is 0.400. The first-order chi connectivity index (χ1) is 12.3. The van der Waals surface area contributed by atoms with Gasteiger partial charge < -0.3 is 15.1 Å². The van der Waals surface area contributed by atoms with E-state index in [4.69, 9.17) is 4.42 Å². The summed E-state index contributed by atoms with van der Waals surface area (Å²) in [6, 6.07) is 7.21. The van der Waals surface area contributed by atoms with Crippen LogP contribution >= 0.6 is 0 Å². The van der Waals surface area contributed by atoms with Gasteiger partial charge in [0.2, 0.25) is 11.8 Å². The SMILES string of the molecule is Cc1cc(C)c(NC(=O)[C@@H](C)N(C)CC(=O)NCc2ccco2)c(C)c1. The van der Waals surface area contributed by atoms with Crippen molar-refractivity contribution in [3.63, 3.8) is 0 Å². The molecule has 0 fully saturated rings. The molecule has 1 heterocycles. The predicted molar refractivity (Wildman–Crippen MR) is 102 cm³/mol. The number of hydrogen-bond donors (Lipinski definition) is 2. The van der Waals surface area contributed by atoms with Crippen LogP contribution in [0.5, 0.6) is 0 Å². The largest absolute Gasteiger partial charge is 0.467 e. The number of aryl methyl sites for hydroxylation is 3. The molecule has 0 saturated heterocycles. The number of hydrogen-bond acceptors (Lipinski definition) is 4. The number of carbonyl (C=O) groups excluding carboxylic acids is 2. The molecule has 0 saturated carbocycles. The standard InChI is InChI=1S/C20H27N3O3/c1-13-9-14(2)19(15(3)10-13)22-20(25)16(4)23(5)12-18(24)21-11-17-7-6-8-26-17/h6-10,16H,11-12H2,1-5H3,(H,21,24)(H,22,25)/t16-/m1/s1. The van der Waals surface area contributed by atoms with Gasteiger partial charge in [0.05, 0.1) is 25.4 Å². The van der Waals surface area contributed by atoms with Gasteiger partial charge in [-0.05, 0) is 58.0 Å². The molecule has 2 aromatic rings. The Hall–Kier alpha value is -2.60. The molecule has 140 valence electrons. The number of carbonyl (C=O) groups is 2. The zero-order valence-electron chi connectivity index (χ0n) is 16.1. The Kier molecular flexibility index (Phi) is 6.58. The Balaban J connectivity index is 1.89. The van der Waals surface area contributed by atoms with Crippen molar-refractivity contribution < 1.29 is 14.0 Å². The van der Waals surface area contributed by atoms with Crippen LogP contribution in [0.25, 0.3) is 0 Å². The van der Waals surface area contributed by atoms with Gasteiger partial charge in [0.25, 0.3) is 0 Å². The predicted octanol–water partition coefficient (Wildman–Crippen LogP) is 2.78. The minimum absolute atomic E-state index is 0.126. The molecule has 26 heavy (non-hydrogen) atoms. The highest BCUT2D eigenvalue weighted by molar-refractivity contribution is 5.96. The van der Waals surface area contributed by atoms with E-state index >= 15 is 0 Å². The van der Waals surface area contributed by atoms with Gasteiger partial charge in [-0.15, -0.1) is 0 Å². The van der Waals surface area contributed by atoms with E-state index < -0.39 is 6.04 Å². The average molecular weight is 357 g/mol. The van der Waals surface area contributed by atoms with Crippen LogP contribution in [0.1, 0.15) is 29.4 Å². The van der Waals surface area contributed by atoms with Crippen LogP contribution in [0.4, 0.5) is 5.69 Å². The first-order valence-electron chi connectivity index (χ1n) is 8.66. The van der Waals surface area contributed by atoms with E-state index in [0.29, 0.717) is 12.3 Å². The highest BCUT2D eigenvalue weighted by atomic mass is 16.3. The van der Waals surface area contributed by atoms with Crippen LogP contribution in [0.2, 0.25) is 0 Å². The molecule has 0 unspecified atom stereocenters. The topological polar surface area (TPSA) is 74.6 Å². The number of amides is 2. The molecule has 2 rings (SSSR count). The number of likely N-dealkylation sites (N-methyl/N-ethyl adjacent to an activating group) is 1. The summed E-state index contributed by atoms with van der Waals surface area (Å²) in [6.07, 6.45) is 1.56. The zero-order valence-corrected chi connectivity index (χ0v) is 16.1. The van der Waals surface area contributed by atoms with Crippen molar-refractivity contribution in [2.75, 3.05) is 18.9 Å². The van der Waals surface area contributed by atoms with Crippen LogP contribution in [-0.4, -0.2) is 36.3 Å². The van der Waals surface area contributed by atoms with Gasteiger partial charge in [0, 0.05) is 5.69 Å². The molecule has 0 aliphatic heterocycles. The molecule has 1 atom stereocenters. The fourth-order valence-corrected chi connectivity index (χ4v) is 2.82. The third-order valence-corrected chi connectivity index (χ3v) is 4.40. The smallest absolute Gasteiger partial charge is 0.241 e. The maximum absolute atomic E-state index is 12.6. The van der Waals surface area contributed by atoms with Crippen molar-refractivity contribution >= 4 is 17.5 Å². The molecular formula is C20H27N3O3. The third kappa shape index (κ3) is 5.20. The molecule has 0 aliphatic rings. The van der Waals surface area contributed by atoms with Crippen molar-refractivity contribution in [2.24, 2.45) is 0 Å². The van der Waals surface area contributed by atoms with Gasteiger partial charge in [-0.3, -0.25) is 14.5 Å². The van der Waals surface area contributed by atoms with Gasteiger partial charge in [-0.25, -0.2) is 0 Å². The Morgan fingerprint density at radius 3 is 2.42 bits per heavy atom. The zero-order chi connectivity index (χ0) is 19.3. The van der Waals surface area contributed by atoms with E-state index in [0.717, 1.165) is 22.4 Å². The average Bonchev–Trinajstić information content (AvgIpc) is 3.08. The lowest BCUT2D eigenvalue weighted by molar-refractivity contribution is -0.125. The Bertz CT molecular complexity index is 746. The second kappa shape index (κ2) is 8.67. The van der Waals surface area contributed by atoms with Gasteiger partial charge >= 0.3 is 0 Å². The van der Waals surface area contributed by atoms with Crippen LogP contribution in [-0.2, 0) is 16.1 Å². The maximum Gasteiger partial charge on any atom is 0.241 e. The van der Waals surface area contributed by atoms with Crippen molar-refractivity contribution in [3.8, 4) is 0 Å². The first-order valence-corrected chi connectivity index (χ1v) is 8.66. The number of rotatable bonds is 7. The van der Waals surface area contributed by atoms with Crippen molar-refractivity contribution in [1.82, 2.24) is 10.2 Å². The minimum atomic E-state index is -0.440. The third-order valence-electron chi connectivity index (χ3n) is 4.40. The molecule has 2 amide bonds. The van der Waals surface area contributed by atoms with Gasteiger partial charge in [-0.1, -0.05) is 17.7 Å². The molecule has 0 aliphatic carbocycles. The summed E-state index contributed by atoms with van der Waals surface area (Å²) in [4.78, 5) is 26.3. The molecule has 0 spiro atoms. The van der Waals surface area contributed by atoms with E-state index in [2.05, 4.69) is 10.6 Å². The fourth-order valence-electron chi connectivity index (χ4n) is 2.82. The summed E-state index contributed by atoms with van der Waals surface area (Å²) in [6.45, 7) is 8.23. The Labute approximate surface area is 154 Å². The number of nitrogens with zero attached hydrogens (tertiary/aromatic N) is 1. The quantitative estimate of drug-likeness (QED) is 0.799. The van der Waals surface area contributed by atoms with Crippen LogP contribution < -0.4 is 10.6 Å². The summed E-state index contributed by atoms with van der Waals surface area (Å²) in [5.41, 5.74) is 4.06. The summed E-state index contributed by atoms with van der Waals surface area (Å²) < 4.78 is 5.18. The highest BCUT2D eigenvalue weighted by Crippen LogP contribution is 2.22. The number of furan rings is 1. The minimum Gasteiger partial charge on any atom is -0.467 e. The van der Waals surface area contributed by atoms with Crippen LogP contribution in [0, 0.1) is 20.8 Å². The van der Waals surface area contributed by atoms with E-state index in [9.17, 15) is 9.59 Å². The van der Waals surface area contributed by atoms with Crippen molar-refractivity contribution in [2.45, 2.75) is 40.3 Å². The Morgan fingerprint density at radius 2 is 1.85 bits per heavy atom. The van der Waals surface area contributed by atoms with Gasteiger partial charge in [-0.2, -0.15) is 0 Å². The lowest BCUT2D eigenvalue weighted by atomic mass is 10.0. The van der Waals surface area contributed by atoms with E-state index in [1.54, 1.807) is 37.3 Å². The van der Waals surface area contributed by atoms with E-state index in [1.807, 2.05) is 32.9 Å². The van der Waals surface area contributed by atoms with E-state index in [1.165, 1.54) is 0 Å². The Morgan fingerprint density at radius 1 is 1.19 bits per heavy atom. The van der Waals surface area contributed by atoms with E-state index in [-0.39, 0.29) is 18.4 Å². The molecular weight excluding hydrogens is 330 g/mol. The van der Waals surface area contributed by atoms with Crippen molar-refractivity contribution in [3.05, 3.63) is 53.0 Å². The number of anilines is 1. The monoisotopic (exact) mass is 357 g/mol. The lowest BCUT2D eigenvalue weighted by Gasteiger charge is -2.24. The molecule has 6 heteroatoms. The summed E-state index contributed by atoms with van der Waals surface area (Å²) in [5.74, 6) is 0.393. The summed E-state index contributed by atoms with van der Waals surface area (Å²) in [5, 5.41) is 5.76. The summed E-state index contributed by atoms with van der Waals surface area (Å²) >= 11 is 0. The normalized spacial score (nSPS) is 12.1. The summed E-state index contributed by atoms with van der Waals surface area (Å²) in [7, 11) is 1.76. The molecule has 0 bridgehead atoms. The first kappa shape index (κ1) is 19.7. The number of benzene rings is 1. The van der Waals surface area contributed by atoms with Crippen molar-refractivity contribution in [1.29, 1.82) is 0 Å². The molecule has 1 aromatic heterocycles. The highest BCUT2D eigenvalue weighted by Gasteiger charge is 2.21. The van der Waals surface area contributed by atoms with Gasteiger partial charge in [0.1, 0.15) is 5.76 Å². The van der Waals surface area contributed by atoms with Crippen LogP contribution in [0.3, 0.4) is 0 Å². The van der Waals surface area contributed by atoms with Gasteiger partial charge in [0.15, 0.2) is 0 Å². The second-order valence-electron chi connectivity index (χ2n) is 6.71. The number of nitrogens with one attached hydrogen (secondary N) is 2. The molecule has 6 nitrogen and oxygen atoms in total.